The standard InChI is InChI=1S/C25H19O5PS/c1-28-22-11-6-10-21-23(16-19-9-4-5-12-24(19)32-25(21)22)30-31(26,27)29-20-14-13-17-7-2-3-8-18(17)15-20/h2-16H,1H3,(H,26,27). The maximum Gasteiger partial charge on any atom is 0.584 e. The lowest BCUT2D eigenvalue weighted by Crippen LogP contribution is -1.99. The van der Waals surface area contributed by atoms with Crippen molar-refractivity contribution < 1.29 is 23.2 Å². The largest absolute Gasteiger partial charge is 0.584 e. The highest BCUT2D eigenvalue weighted by atomic mass is 32.2. The zero-order valence-corrected chi connectivity index (χ0v) is 18.8. The van der Waals surface area contributed by atoms with Crippen molar-refractivity contribution in [3.05, 3.63) is 96.1 Å². The van der Waals surface area contributed by atoms with Gasteiger partial charge in [-0.1, -0.05) is 66.4 Å². The first-order valence-electron chi connectivity index (χ1n) is 9.89. The van der Waals surface area contributed by atoms with Crippen LogP contribution in [0.3, 0.4) is 0 Å². The Kier molecular flexibility index (Phi) is 5.43. The maximum atomic E-state index is 13.0. The van der Waals surface area contributed by atoms with E-state index >= 15 is 0 Å². The highest BCUT2D eigenvalue weighted by Crippen LogP contribution is 2.52. The quantitative estimate of drug-likeness (QED) is 0.322. The van der Waals surface area contributed by atoms with Gasteiger partial charge in [0.15, 0.2) is 0 Å². The molecule has 1 aliphatic heterocycles. The van der Waals surface area contributed by atoms with E-state index in [1.165, 1.54) is 11.8 Å². The van der Waals surface area contributed by atoms with E-state index in [-0.39, 0.29) is 11.5 Å². The fourth-order valence-electron chi connectivity index (χ4n) is 3.57. The molecule has 0 aliphatic carbocycles. The van der Waals surface area contributed by atoms with Gasteiger partial charge in [0.25, 0.3) is 0 Å². The van der Waals surface area contributed by atoms with Crippen LogP contribution in [0, 0.1) is 0 Å². The normalized spacial score (nSPS) is 14.4. The number of phosphoric acid groups is 1. The fraction of sp³-hybridized carbons (Fsp3) is 0.0400. The predicted molar refractivity (Wildman–Crippen MR) is 127 cm³/mol. The molecule has 0 fully saturated rings. The van der Waals surface area contributed by atoms with Crippen LogP contribution in [0.15, 0.2) is 94.7 Å². The van der Waals surface area contributed by atoms with E-state index in [0.29, 0.717) is 11.3 Å². The van der Waals surface area contributed by atoms with E-state index < -0.39 is 7.82 Å². The molecular formula is C25H19O5PS. The minimum absolute atomic E-state index is 0.239. The summed E-state index contributed by atoms with van der Waals surface area (Å²) in [5.41, 5.74) is 1.53. The minimum Gasteiger partial charge on any atom is -0.496 e. The molecule has 0 aromatic heterocycles. The van der Waals surface area contributed by atoms with Gasteiger partial charge in [-0.2, -0.15) is 0 Å². The Labute approximate surface area is 189 Å². The van der Waals surface area contributed by atoms with Gasteiger partial charge in [-0.3, -0.25) is 4.89 Å². The van der Waals surface area contributed by atoms with Gasteiger partial charge in [-0.15, -0.1) is 0 Å². The van der Waals surface area contributed by atoms with Crippen molar-refractivity contribution >= 4 is 42.2 Å². The van der Waals surface area contributed by atoms with Gasteiger partial charge in [0.05, 0.1) is 12.0 Å². The summed E-state index contributed by atoms with van der Waals surface area (Å²) in [7, 11) is -2.90. The van der Waals surface area contributed by atoms with Crippen LogP contribution in [-0.4, -0.2) is 12.0 Å². The van der Waals surface area contributed by atoms with E-state index in [2.05, 4.69) is 0 Å². The van der Waals surface area contributed by atoms with Crippen LogP contribution in [-0.2, 0) is 9.09 Å². The molecule has 0 saturated carbocycles. The molecule has 1 atom stereocenters. The molecular weight excluding hydrogens is 443 g/mol. The molecule has 1 unspecified atom stereocenters. The summed E-state index contributed by atoms with van der Waals surface area (Å²) >= 11 is 1.52. The molecule has 1 N–H and O–H groups in total. The van der Waals surface area contributed by atoms with Crippen molar-refractivity contribution in [1.29, 1.82) is 0 Å². The van der Waals surface area contributed by atoms with Gasteiger partial charge in [-0.25, -0.2) is 4.57 Å². The highest BCUT2D eigenvalue weighted by molar-refractivity contribution is 7.99. The third-order valence-electron chi connectivity index (χ3n) is 5.04. The molecule has 0 bridgehead atoms. The second-order valence-corrected chi connectivity index (χ2v) is 9.50. The van der Waals surface area contributed by atoms with Crippen LogP contribution in [0.1, 0.15) is 11.1 Å². The van der Waals surface area contributed by atoms with Crippen LogP contribution in [0.5, 0.6) is 11.5 Å². The van der Waals surface area contributed by atoms with Gasteiger partial charge in [-0.05, 0) is 52.7 Å². The van der Waals surface area contributed by atoms with Crippen LogP contribution >= 0.6 is 19.6 Å². The number of fused-ring (bicyclic) bond motifs is 3. The smallest absolute Gasteiger partial charge is 0.496 e. The van der Waals surface area contributed by atoms with Crippen molar-refractivity contribution in [2.75, 3.05) is 7.11 Å². The fourth-order valence-corrected chi connectivity index (χ4v) is 5.53. The molecule has 5 rings (SSSR count). The molecule has 5 nitrogen and oxygen atoms in total. The molecule has 1 heterocycles. The Bertz CT molecular complexity index is 1400. The van der Waals surface area contributed by atoms with Gasteiger partial charge >= 0.3 is 7.82 Å². The number of hydrogen-bond donors (Lipinski definition) is 1. The summed E-state index contributed by atoms with van der Waals surface area (Å²) in [6, 6.07) is 26.2. The summed E-state index contributed by atoms with van der Waals surface area (Å²) in [5.74, 6) is 1.15. The van der Waals surface area contributed by atoms with E-state index in [9.17, 15) is 9.46 Å². The van der Waals surface area contributed by atoms with Gasteiger partial charge in [0.1, 0.15) is 17.3 Å². The van der Waals surface area contributed by atoms with Gasteiger partial charge in [0, 0.05) is 10.5 Å². The zero-order valence-electron chi connectivity index (χ0n) is 17.1. The average Bonchev–Trinajstić information content (AvgIpc) is 2.94. The first kappa shape index (κ1) is 20.7. The topological polar surface area (TPSA) is 65.0 Å². The van der Waals surface area contributed by atoms with Crippen molar-refractivity contribution in [3.8, 4) is 11.5 Å². The van der Waals surface area contributed by atoms with E-state index in [1.807, 2.05) is 72.8 Å². The van der Waals surface area contributed by atoms with Crippen molar-refractivity contribution in [3.63, 3.8) is 0 Å². The summed E-state index contributed by atoms with van der Waals surface area (Å²) in [5, 5.41) is 1.91. The van der Waals surface area contributed by atoms with E-state index in [1.54, 1.807) is 25.3 Å². The lowest BCUT2D eigenvalue weighted by Gasteiger charge is -2.18. The summed E-state index contributed by atoms with van der Waals surface area (Å²) in [6.07, 6.45) is 1.75. The van der Waals surface area contributed by atoms with Gasteiger partial charge < -0.3 is 13.8 Å². The second-order valence-electron chi connectivity index (χ2n) is 7.15. The molecule has 160 valence electrons. The van der Waals surface area contributed by atoms with Crippen LogP contribution < -0.4 is 9.26 Å². The van der Waals surface area contributed by atoms with E-state index in [4.69, 9.17) is 13.8 Å². The van der Waals surface area contributed by atoms with Crippen LogP contribution in [0.4, 0.5) is 0 Å². The number of rotatable bonds is 5. The second kappa shape index (κ2) is 8.40. The maximum absolute atomic E-state index is 13.0. The summed E-state index contributed by atoms with van der Waals surface area (Å²) in [4.78, 5) is 12.4. The predicted octanol–water partition coefficient (Wildman–Crippen LogP) is 7.01. The molecule has 32 heavy (non-hydrogen) atoms. The Balaban J connectivity index is 1.52. The third-order valence-corrected chi connectivity index (χ3v) is 7.12. The highest BCUT2D eigenvalue weighted by Gasteiger charge is 2.30. The molecule has 1 aliphatic rings. The molecule has 0 amide bonds. The molecule has 0 saturated heterocycles. The Morgan fingerprint density at radius 1 is 0.844 bits per heavy atom. The van der Waals surface area contributed by atoms with Crippen molar-refractivity contribution in [2.24, 2.45) is 0 Å². The van der Waals surface area contributed by atoms with Gasteiger partial charge in [0.2, 0.25) is 0 Å². The SMILES string of the molecule is COc1cccc2c1Sc1ccccc1C=C2OP(=O)(O)Oc1ccc2ccccc2c1. The van der Waals surface area contributed by atoms with Crippen molar-refractivity contribution in [2.45, 2.75) is 9.79 Å². The minimum atomic E-state index is -4.49. The number of benzene rings is 4. The average molecular weight is 462 g/mol. The molecule has 0 radical (unpaired) electrons. The third kappa shape index (κ3) is 4.13. The molecule has 4 aromatic rings. The molecule has 4 aromatic carbocycles. The van der Waals surface area contributed by atoms with Crippen LogP contribution in [0.2, 0.25) is 0 Å². The van der Waals surface area contributed by atoms with Crippen molar-refractivity contribution in [1.82, 2.24) is 0 Å². The zero-order chi connectivity index (χ0) is 22.1. The Morgan fingerprint density at radius 2 is 1.62 bits per heavy atom. The molecule has 0 spiro atoms. The first-order chi connectivity index (χ1) is 15.5. The number of ether oxygens (including phenoxy) is 1. The Hall–Kier alpha value is -3.18. The lowest BCUT2D eigenvalue weighted by molar-refractivity contribution is 0.277. The summed E-state index contributed by atoms with van der Waals surface area (Å²) < 4.78 is 29.6. The lowest BCUT2D eigenvalue weighted by atomic mass is 10.1. The van der Waals surface area contributed by atoms with E-state index in [0.717, 1.165) is 26.1 Å². The number of phosphoric ester groups is 1. The van der Waals surface area contributed by atoms with Crippen LogP contribution in [0.25, 0.3) is 22.6 Å². The monoisotopic (exact) mass is 462 g/mol. The number of hydrogen-bond acceptors (Lipinski definition) is 5. The number of methoxy groups -OCH3 is 1. The summed E-state index contributed by atoms with van der Waals surface area (Å²) in [6.45, 7) is 0. The first-order valence-corrected chi connectivity index (χ1v) is 12.2. The molecule has 7 heteroatoms. The Morgan fingerprint density at radius 3 is 2.47 bits per heavy atom.